The second kappa shape index (κ2) is 8.19. The maximum Gasteiger partial charge on any atom is 0.416 e. The summed E-state index contributed by atoms with van der Waals surface area (Å²) in [6.45, 7) is 5.49. The Labute approximate surface area is 174 Å². The van der Waals surface area contributed by atoms with Crippen molar-refractivity contribution >= 4 is 0 Å². The maximum absolute atomic E-state index is 13.3. The first kappa shape index (κ1) is 21.1. The van der Waals surface area contributed by atoms with Crippen LogP contribution in [0.4, 0.5) is 13.2 Å². The van der Waals surface area contributed by atoms with Crippen LogP contribution >= 0.6 is 0 Å². The number of aliphatic hydroxyl groups excluding tert-OH is 1. The Hall–Kier alpha value is -2.12. The van der Waals surface area contributed by atoms with Crippen LogP contribution < -0.4 is 4.74 Å². The number of alkyl halides is 3. The third kappa shape index (κ3) is 4.47. The average Bonchev–Trinajstić information content (AvgIpc) is 3.04. The zero-order valence-corrected chi connectivity index (χ0v) is 17.2. The number of hydrogen-bond donors (Lipinski definition) is 1. The number of aliphatic hydroxyl groups is 1. The molecule has 4 nitrogen and oxygen atoms in total. The first-order chi connectivity index (χ1) is 14.2. The molecule has 2 fully saturated rings. The number of rotatable bonds is 4. The molecule has 2 aromatic rings. The number of aryl methyl sites for hydroxylation is 2. The van der Waals surface area contributed by atoms with Gasteiger partial charge in [-0.25, -0.2) is 0 Å². The number of likely N-dealkylation sites (tertiary alicyclic amines) is 1. The van der Waals surface area contributed by atoms with E-state index >= 15 is 0 Å². The lowest BCUT2D eigenvalue weighted by molar-refractivity contribution is -0.138. The van der Waals surface area contributed by atoms with Crippen LogP contribution in [-0.4, -0.2) is 40.3 Å². The molecule has 0 spiro atoms. The minimum Gasteiger partial charge on any atom is -0.486 e. The van der Waals surface area contributed by atoms with Gasteiger partial charge in [-0.05, 0) is 62.3 Å². The van der Waals surface area contributed by atoms with Crippen molar-refractivity contribution in [2.75, 3.05) is 13.1 Å². The maximum atomic E-state index is 13.3. The fourth-order valence-electron chi connectivity index (χ4n) is 4.88. The number of halogens is 3. The summed E-state index contributed by atoms with van der Waals surface area (Å²) >= 11 is 0. The second-order valence-corrected chi connectivity index (χ2v) is 8.60. The molecule has 1 N–H and O–H groups in total. The van der Waals surface area contributed by atoms with Gasteiger partial charge in [-0.2, -0.15) is 13.2 Å². The van der Waals surface area contributed by atoms with Gasteiger partial charge in [0.15, 0.2) is 0 Å². The highest BCUT2D eigenvalue weighted by Gasteiger charge is 2.43. The van der Waals surface area contributed by atoms with Gasteiger partial charge in [0, 0.05) is 25.3 Å². The summed E-state index contributed by atoms with van der Waals surface area (Å²) in [5, 5.41) is 10.6. The molecule has 162 valence electrons. The van der Waals surface area contributed by atoms with Crippen molar-refractivity contribution in [2.24, 2.45) is 11.8 Å². The Balaban J connectivity index is 1.42. The number of benzene rings is 1. The minimum atomic E-state index is -4.35. The number of hydrogen-bond acceptors (Lipinski definition) is 4. The number of nitrogens with zero attached hydrogens (tertiary/aromatic N) is 2. The Kier molecular flexibility index (Phi) is 5.77. The highest BCUT2D eigenvalue weighted by Crippen LogP contribution is 2.40. The lowest BCUT2D eigenvalue weighted by Crippen LogP contribution is -2.42. The standard InChI is InChI=1S/C23H27F3N2O2/c1-14-7-8-21(15(2)27-14)30-22-10-18-13-28(12-17(18)9-20(22)29)11-16-5-3-4-6-19(16)23(24,25)26/h3-8,17-18,20,22,29H,9-13H2,1-2H3/t17-,18+,20+,22+/m0/s1. The third-order valence-electron chi connectivity index (χ3n) is 6.33. The van der Waals surface area contributed by atoms with E-state index in [1.165, 1.54) is 6.07 Å². The van der Waals surface area contributed by atoms with Gasteiger partial charge in [-0.1, -0.05) is 18.2 Å². The number of pyridine rings is 1. The minimum absolute atomic E-state index is 0.269. The quantitative estimate of drug-likeness (QED) is 0.798. The van der Waals surface area contributed by atoms with Gasteiger partial charge < -0.3 is 9.84 Å². The zero-order valence-electron chi connectivity index (χ0n) is 17.2. The molecule has 1 aromatic carbocycles. The summed E-state index contributed by atoms with van der Waals surface area (Å²) in [4.78, 5) is 6.49. The van der Waals surface area contributed by atoms with Crippen molar-refractivity contribution in [3.05, 3.63) is 58.9 Å². The molecule has 1 saturated heterocycles. The summed E-state index contributed by atoms with van der Waals surface area (Å²) in [5.41, 5.74) is 1.44. The van der Waals surface area contributed by atoms with Crippen LogP contribution in [0.1, 0.15) is 35.4 Å². The van der Waals surface area contributed by atoms with Crippen LogP contribution in [0.2, 0.25) is 0 Å². The summed E-state index contributed by atoms with van der Waals surface area (Å²) in [5.74, 6) is 1.25. The van der Waals surface area contributed by atoms with E-state index in [-0.39, 0.29) is 18.6 Å². The Morgan fingerprint density at radius 3 is 2.47 bits per heavy atom. The van der Waals surface area contributed by atoms with Crippen molar-refractivity contribution in [2.45, 2.75) is 51.6 Å². The molecule has 1 aliphatic carbocycles. The molecule has 0 bridgehead atoms. The smallest absolute Gasteiger partial charge is 0.416 e. The highest BCUT2D eigenvalue weighted by atomic mass is 19.4. The van der Waals surface area contributed by atoms with E-state index in [4.69, 9.17) is 4.74 Å². The number of fused-ring (bicyclic) bond motifs is 1. The van der Waals surface area contributed by atoms with E-state index in [9.17, 15) is 18.3 Å². The Morgan fingerprint density at radius 2 is 1.77 bits per heavy atom. The van der Waals surface area contributed by atoms with Crippen LogP contribution in [0, 0.1) is 25.7 Å². The predicted octanol–water partition coefficient (Wildman–Crippen LogP) is 4.37. The van der Waals surface area contributed by atoms with E-state index < -0.39 is 17.8 Å². The predicted molar refractivity (Wildman–Crippen MR) is 107 cm³/mol. The SMILES string of the molecule is Cc1ccc(O[C@@H]2C[C@@H]3CN(Cc4ccccc4C(F)(F)F)C[C@@H]3C[C@H]2O)c(C)n1. The summed E-state index contributed by atoms with van der Waals surface area (Å²) in [7, 11) is 0. The van der Waals surface area contributed by atoms with Crippen LogP contribution in [0.5, 0.6) is 5.75 Å². The fraction of sp³-hybridized carbons (Fsp3) is 0.522. The molecule has 0 unspecified atom stereocenters. The normalized spacial score (nSPS) is 27.1. The lowest BCUT2D eigenvalue weighted by Gasteiger charge is -2.35. The third-order valence-corrected chi connectivity index (χ3v) is 6.33. The van der Waals surface area contributed by atoms with Gasteiger partial charge in [0.2, 0.25) is 0 Å². The fourth-order valence-corrected chi connectivity index (χ4v) is 4.88. The second-order valence-electron chi connectivity index (χ2n) is 8.60. The van der Waals surface area contributed by atoms with Gasteiger partial charge in [0.1, 0.15) is 11.9 Å². The van der Waals surface area contributed by atoms with Crippen LogP contribution in [0.25, 0.3) is 0 Å². The molecule has 7 heteroatoms. The monoisotopic (exact) mass is 420 g/mol. The zero-order chi connectivity index (χ0) is 21.5. The molecular formula is C23H27F3N2O2. The van der Waals surface area contributed by atoms with Gasteiger partial charge in [-0.15, -0.1) is 0 Å². The Bertz CT molecular complexity index is 902. The van der Waals surface area contributed by atoms with Crippen molar-refractivity contribution in [3.8, 4) is 5.75 Å². The molecule has 0 radical (unpaired) electrons. The number of aromatic nitrogens is 1. The molecule has 2 aliphatic rings. The molecule has 4 atom stereocenters. The number of ether oxygens (including phenoxy) is 1. The van der Waals surface area contributed by atoms with Crippen LogP contribution in [0.15, 0.2) is 36.4 Å². The molecule has 2 heterocycles. The molecule has 1 aromatic heterocycles. The lowest BCUT2D eigenvalue weighted by atomic mass is 9.78. The molecule has 0 amide bonds. The Morgan fingerprint density at radius 1 is 1.07 bits per heavy atom. The highest BCUT2D eigenvalue weighted by molar-refractivity contribution is 5.30. The van der Waals surface area contributed by atoms with Crippen molar-refractivity contribution in [3.63, 3.8) is 0 Å². The van der Waals surface area contributed by atoms with Crippen molar-refractivity contribution in [1.29, 1.82) is 0 Å². The van der Waals surface area contributed by atoms with Crippen LogP contribution in [-0.2, 0) is 12.7 Å². The molecule has 1 aliphatic heterocycles. The first-order valence-corrected chi connectivity index (χ1v) is 10.4. The van der Waals surface area contributed by atoms with Crippen molar-refractivity contribution < 1.29 is 23.0 Å². The van der Waals surface area contributed by atoms with Gasteiger partial charge in [0.05, 0.1) is 17.4 Å². The largest absolute Gasteiger partial charge is 0.486 e. The van der Waals surface area contributed by atoms with E-state index in [1.54, 1.807) is 12.1 Å². The summed E-state index contributed by atoms with van der Waals surface area (Å²) in [6, 6.07) is 9.54. The molecular weight excluding hydrogens is 393 g/mol. The summed E-state index contributed by atoms with van der Waals surface area (Å²) < 4.78 is 46.0. The molecule has 30 heavy (non-hydrogen) atoms. The van der Waals surface area contributed by atoms with E-state index in [2.05, 4.69) is 9.88 Å². The van der Waals surface area contributed by atoms with Gasteiger partial charge in [-0.3, -0.25) is 9.88 Å². The summed E-state index contributed by atoms with van der Waals surface area (Å²) in [6.07, 6.45) is -3.97. The van der Waals surface area contributed by atoms with Crippen molar-refractivity contribution in [1.82, 2.24) is 9.88 Å². The van der Waals surface area contributed by atoms with Gasteiger partial charge in [0.25, 0.3) is 0 Å². The molecule has 4 rings (SSSR count). The van der Waals surface area contributed by atoms with Gasteiger partial charge >= 0.3 is 6.18 Å². The van der Waals surface area contributed by atoms with E-state index in [1.807, 2.05) is 26.0 Å². The van der Waals surface area contributed by atoms with E-state index in [0.717, 1.165) is 17.5 Å². The van der Waals surface area contributed by atoms with E-state index in [0.29, 0.717) is 43.2 Å². The molecule has 1 saturated carbocycles. The topological polar surface area (TPSA) is 45.6 Å². The average molecular weight is 420 g/mol. The van der Waals surface area contributed by atoms with Crippen LogP contribution in [0.3, 0.4) is 0 Å². The first-order valence-electron chi connectivity index (χ1n) is 10.4.